The van der Waals surface area contributed by atoms with Crippen LogP contribution in [0.25, 0.3) is 0 Å². The van der Waals surface area contributed by atoms with Gasteiger partial charge in [-0.3, -0.25) is 9.59 Å². The summed E-state index contributed by atoms with van der Waals surface area (Å²) in [6.07, 6.45) is 1.20. The topological polar surface area (TPSA) is 79.6 Å². The van der Waals surface area contributed by atoms with E-state index >= 15 is 0 Å². The van der Waals surface area contributed by atoms with Crippen LogP contribution in [-0.2, 0) is 11.3 Å². The molecule has 0 radical (unpaired) electrons. The van der Waals surface area contributed by atoms with Crippen LogP contribution in [0, 0.1) is 6.92 Å². The third-order valence-electron chi connectivity index (χ3n) is 2.38. The van der Waals surface area contributed by atoms with Gasteiger partial charge in [-0.1, -0.05) is 0 Å². The molecule has 0 saturated heterocycles. The Labute approximate surface area is 98.1 Å². The lowest BCUT2D eigenvalue weighted by molar-refractivity contribution is -0.129. The van der Waals surface area contributed by atoms with Gasteiger partial charge in [0.05, 0.1) is 0 Å². The predicted octanol–water partition coefficient (Wildman–Crippen LogP) is -0.0569. The first-order valence-corrected chi connectivity index (χ1v) is 4.97. The van der Waals surface area contributed by atoms with Gasteiger partial charge in [-0.2, -0.15) is 0 Å². The van der Waals surface area contributed by atoms with Crippen LogP contribution in [0.5, 0.6) is 0 Å². The Hall–Kier alpha value is -2.11. The summed E-state index contributed by atoms with van der Waals surface area (Å²) in [7, 11) is 3.22. The van der Waals surface area contributed by atoms with E-state index in [0.29, 0.717) is 5.69 Å². The van der Waals surface area contributed by atoms with E-state index < -0.39 is 11.4 Å². The minimum absolute atomic E-state index is 0.0133. The zero-order valence-corrected chi connectivity index (χ0v) is 9.93. The number of amides is 1. The third kappa shape index (κ3) is 2.93. The Morgan fingerprint density at radius 3 is 2.47 bits per heavy atom. The second kappa shape index (κ2) is 4.82. The number of aromatic carboxylic acids is 1. The van der Waals surface area contributed by atoms with Gasteiger partial charge < -0.3 is 14.6 Å². The Morgan fingerprint density at radius 1 is 1.41 bits per heavy atom. The fourth-order valence-corrected chi connectivity index (χ4v) is 1.29. The number of carboxylic acids is 1. The van der Waals surface area contributed by atoms with Crippen molar-refractivity contribution in [3.8, 4) is 0 Å². The van der Waals surface area contributed by atoms with E-state index in [1.165, 1.54) is 21.7 Å². The van der Waals surface area contributed by atoms with Crippen molar-refractivity contribution in [3.05, 3.63) is 33.7 Å². The molecule has 0 fully saturated rings. The lowest BCUT2D eigenvalue weighted by Gasteiger charge is -2.14. The van der Waals surface area contributed by atoms with E-state index in [9.17, 15) is 14.4 Å². The van der Waals surface area contributed by atoms with E-state index in [1.807, 2.05) is 0 Å². The first-order chi connectivity index (χ1) is 7.82. The molecule has 0 atom stereocenters. The molecule has 1 aromatic rings. The van der Waals surface area contributed by atoms with Crippen molar-refractivity contribution >= 4 is 11.9 Å². The standard InChI is InChI=1S/C11H14N2O4/c1-7-4-9(14)8(11(16)17)5-13(7)6-10(15)12(2)3/h4-5H,6H2,1-3H3,(H,16,17). The van der Waals surface area contributed by atoms with Gasteiger partial charge in [0.25, 0.3) is 0 Å². The molecular formula is C11H14N2O4. The zero-order valence-electron chi connectivity index (χ0n) is 9.93. The lowest BCUT2D eigenvalue weighted by atomic mass is 10.2. The molecule has 6 heteroatoms. The molecule has 17 heavy (non-hydrogen) atoms. The summed E-state index contributed by atoms with van der Waals surface area (Å²) < 4.78 is 1.45. The number of aromatic nitrogens is 1. The Balaban J connectivity index is 3.17. The molecule has 0 bridgehead atoms. The molecule has 0 unspecified atom stereocenters. The molecule has 92 valence electrons. The van der Waals surface area contributed by atoms with Gasteiger partial charge in [0.2, 0.25) is 5.91 Å². The highest BCUT2D eigenvalue weighted by molar-refractivity contribution is 5.87. The van der Waals surface area contributed by atoms with E-state index in [2.05, 4.69) is 0 Å². The summed E-state index contributed by atoms with van der Waals surface area (Å²) in [6.45, 7) is 1.66. The van der Waals surface area contributed by atoms with Crippen molar-refractivity contribution in [1.29, 1.82) is 0 Å². The number of nitrogens with zero attached hydrogens (tertiary/aromatic N) is 2. The van der Waals surface area contributed by atoms with Gasteiger partial charge in [0.1, 0.15) is 12.1 Å². The monoisotopic (exact) mass is 238 g/mol. The lowest BCUT2D eigenvalue weighted by Crippen LogP contribution is -2.28. The predicted molar refractivity (Wildman–Crippen MR) is 61.1 cm³/mol. The number of hydrogen-bond donors (Lipinski definition) is 1. The molecule has 0 aromatic carbocycles. The number of hydrogen-bond acceptors (Lipinski definition) is 3. The summed E-state index contributed by atoms with van der Waals surface area (Å²) in [5, 5.41) is 8.82. The molecule has 0 saturated carbocycles. The highest BCUT2D eigenvalue weighted by Gasteiger charge is 2.12. The SMILES string of the molecule is Cc1cc(=O)c(C(=O)O)cn1CC(=O)N(C)C. The molecule has 1 aromatic heterocycles. The average molecular weight is 238 g/mol. The van der Waals surface area contributed by atoms with Crippen LogP contribution < -0.4 is 5.43 Å². The van der Waals surface area contributed by atoms with Gasteiger partial charge in [-0.05, 0) is 6.92 Å². The van der Waals surface area contributed by atoms with Crippen molar-refractivity contribution in [1.82, 2.24) is 9.47 Å². The molecule has 1 N–H and O–H groups in total. The van der Waals surface area contributed by atoms with Crippen LogP contribution in [0.2, 0.25) is 0 Å². The minimum Gasteiger partial charge on any atom is -0.477 e. The van der Waals surface area contributed by atoms with Gasteiger partial charge in [0, 0.05) is 32.1 Å². The maximum atomic E-state index is 11.5. The number of rotatable bonds is 3. The van der Waals surface area contributed by atoms with E-state index in [4.69, 9.17) is 5.11 Å². The number of aryl methyl sites for hydroxylation is 1. The minimum atomic E-state index is -1.29. The maximum Gasteiger partial charge on any atom is 0.341 e. The fraction of sp³-hybridized carbons (Fsp3) is 0.364. The number of pyridine rings is 1. The number of carboxylic acid groups (broad SMARTS) is 1. The van der Waals surface area contributed by atoms with Gasteiger partial charge in [-0.15, -0.1) is 0 Å². The Morgan fingerprint density at radius 2 is 2.00 bits per heavy atom. The smallest absolute Gasteiger partial charge is 0.341 e. The second-order valence-electron chi connectivity index (χ2n) is 3.91. The van der Waals surface area contributed by atoms with Gasteiger partial charge >= 0.3 is 5.97 Å². The van der Waals surface area contributed by atoms with Crippen LogP contribution in [0.1, 0.15) is 16.1 Å². The molecule has 0 aliphatic carbocycles. The molecule has 0 aliphatic rings. The first kappa shape index (κ1) is 13.0. The van der Waals surface area contributed by atoms with Crippen LogP contribution in [0.15, 0.2) is 17.1 Å². The van der Waals surface area contributed by atoms with Crippen molar-refractivity contribution in [3.63, 3.8) is 0 Å². The van der Waals surface area contributed by atoms with Crippen molar-refractivity contribution in [2.75, 3.05) is 14.1 Å². The molecule has 0 aliphatic heterocycles. The summed E-state index contributed by atoms with van der Waals surface area (Å²) in [5.74, 6) is -1.46. The first-order valence-electron chi connectivity index (χ1n) is 4.97. The van der Waals surface area contributed by atoms with Crippen LogP contribution in [0.4, 0.5) is 0 Å². The summed E-state index contributed by atoms with van der Waals surface area (Å²) in [5.41, 5.74) is -0.332. The van der Waals surface area contributed by atoms with Crippen LogP contribution in [0.3, 0.4) is 0 Å². The van der Waals surface area contributed by atoms with E-state index in [-0.39, 0.29) is 18.0 Å². The quantitative estimate of drug-likeness (QED) is 0.800. The normalized spacial score (nSPS) is 10.1. The van der Waals surface area contributed by atoms with E-state index in [1.54, 1.807) is 21.0 Å². The third-order valence-corrected chi connectivity index (χ3v) is 2.38. The second-order valence-corrected chi connectivity index (χ2v) is 3.91. The van der Waals surface area contributed by atoms with Crippen molar-refractivity contribution in [2.45, 2.75) is 13.5 Å². The number of likely N-dealkylation sites (N-methyl/N-ethyl adjacent to an activating group) is 1. The van der Waals surface area contributed by atoms with Crippen molar-refractivity contribution < 1.29 is 14.7 Å². The highest BCUT2D eigenvalue weighted by Crippen LogP contribution is 2.00. The molecule has 1 rings (SSSR count). The van der Waals surface area contributed by atoms with Gasteiger partial charge in [0.15, 0.2) is 5.43 Å². The van der Waals surface area contributed by atoms with Crippen LogP contribution in [-0.4, -0.2) is 40.5 Å². The van der Waals surface area contributed by atoms with Crippen molar-refractivity contribution in [2.24, 2.45) is 0 Å². The zero-order chi connectivity index (χ0) is 13.2. The highest BCUT2D eigenvalue weighted by atomic mass is 16.4. The molecule has 6 nitrogen and oxygen atoms in total. The fourth-order valence-electron chi connectivity index (χ4n) is 1.29. The average Bonchev–Trinajstić information content (AvgIpc) is 2.21. The van der Waals surface area contributed by atoms with Gasteiger partial charge in [-0.25, -0.2) is 4.79 Å². The molecule has 0 spiro atoms. The van der Waals surface area contributed by atoms with E-state index in [0.717, 1.165) is 0 Å². The van der Waals surface area contributed by atoms with Crippen LogP contribution >= 0.6 is 0 Å². The Bertz CT molecular complexity index is 517. The maximum absolute atomic E-state index is 11.5. The summed E-state index contributed by atoms with van der Waals surface area (Å²) >= 11 is 0. The molecular weight excluding hydrogens is 224 g/mol. The Kier molecular flexibility index (Phi) is 3.67. The largest absolute Gasteiger partial charge is 0.477 e. The summed E-state index contributed by atoms with van der Waals surface area (Å²) in [4.78, 5) is 35.1. The molecule has 1 amide bonds. The molecule has 1 heterocycles. The summed E-state index contributed by atoms with van der Waals surface area (Å²) in [6, 6.07) is 1.21. The number of carbonyl (C=O) groups excluding carboxylic acids is 1. The number of carbonyl (C=O) groups is 2.